The predicted molar refractivity (Wildman–Crippen MR) is 106 cm³/mol. The van der Waals surface area contributed by atoms with Crippen LogP contribution in [0.4, 0.5) is 21.0 Å². The first-order chi connectivity index (χ1) is 12.6. The van der Waals surface area contributed by atoms with Crippen molar-refractivity contribution in [3.05, 3.63) is 59.7 Å². The summed E-state index contributed by atoms with van der Waals surface area (Å²) >= 11 is 0. The second kappa shape index (κ2) is 8.44. The Morgan fingerprint density at radius 2 is 1.56 bits per heavy atom. The van der Waals surface area contributed by atoms with Gasteiger partial charge in [0.05, 0.1) is 6.54 Å². The Morgan fingerprint density at radius 3 is 2.11 bits per heavy atom. The number of carbonyl (C=O) groups is 2. The van der Waals surface area contributed by atoms with Crippen LogP contribution in [0.15, 0.2) is 48.5 Å². The fraction of sp³-hybridized carbons (Fsp3) is 0.300. The minimum atomic E-state index is -0.727. The molecule has 0 aromatic heterocycles. The monoisotopic (exact) mass is 370 g/mol. The molecular formula is C20H26N4O3. The highest BCUT2D eigenvalue weighted by Crippen LogP contribution is 2.15. The van der Waals surface area contributed by atoms with Crippen LogP contribution < -0.4 is 16.8 Å². The molecule has 7 heteroatoms. The van der Waals surface area contributed by atoms with Crippen LogP contribution in [0.3, 0.4) is 0 Å². The van der Waals surface area contributed by atoms with Crippen LogP contribution in [0.25, 0.3) is 0 Å². The van der Waals surface area contributed by atoms with E-state index < -0.39 is 17.7 Å². The van der Waals surface area contributed by atoms with Gasteiger partial charge in [-0.25, -0.2) is 14.5 Å². The van der Waals surface area contributed by atoms with E-state index in [1.807, 2.05) is 6.07 Å². The van der Waals surface area contributed by atoms with Gasteiger partial charge in [0.2, 0.25) is 0 Å². The standard InChI is InChI=1S/C20H26N4O3/c1-20(2,3)27-19(26)24(13-15-7-5-9-17(22)11-15)18(25)23-12-14-6-4-8-16(21)10-14/h4-11H,12-13,21-22H2,1-3H3,(H,23,25). The number of imide groups is 1. The van der Waals surface area contributed by atoms with Crippen LogP contribution in [0.2, 0.25) is 0 Å². The number of urea groups is 1. The first kappa shape index (κ1) is 20.1. The maximum Gasteiger partial charge on any atom is 0.418 e. The number of hydrogen-bond donors (Lipinski definition) is 3. The van der Waals surface area contributed by atoms with Gasteiger partial charge in [0, 0.05) is 17.9 Å². The number of amides is 3. The summed E-state index contributed by atoms with van der Waals surface area (Å²) < 4.78 is 5.37. The number of nitrogens with one attached hydrogen (secondary N) is 1. The molecule has 0 bridgehead atoms. The van der Waals surface area contributed by atoms with Gasteiger partial charge in [0.15, 0.2) is 0 Å². The molecule has 0 atom stereocenters. The molecule has 5 N–H and O–H groups in total. The lowest BCUT2D eigenvalue weighted by molar-refractivity contribution is 0.0308. The van der Waals surface area contributed by atoms with Gasteiger partial charge in [0.25, 0.3) is 0 Å². The normalized spacial score (nSPS) is 10.9. The number of nitrogen functional groups attached to an aromatic ring is 2. The van der Waals surface area contributed by atoms with E-state index in [9.17, 15) is 9.59 Å². The molecule has 27 heavy (non-hydrogen) atoms. The van der Waals surface area contributed by atoms with Gasteiger partial charge in [-0.05, 0) is 56.2 Å². The first-order valence-corrected chi connectivity index (χ1v) is 8.61. The summed E-state index contributed by atoms with van der Waals surface area (Å²) in [6.07, 6.45) is -0.727. The highest BCUT2D eigenvalue weighted by atomic mass is 16.6. The number of ether oxygens (including phenoxy) is 1. The number of hydrogen-bond acceptors (Lipinski definition) is 5. The Bertz CT molecular complexity index is 815. The van der Waals surface area contributed by atoms with E-state index in [-0.39, 0.29) is 13.1 Å². The molecule has 0 saturated carbocycles. The van der Waals surface area contributed by atoms with Crippen molar-refractivity contribution < 1.29 is 14.3 Å². The Balaban J connectivity index is 2.14. The molecule has 2 aromatic rings. The van der Waals surface area contributed by atoms with Crippen LogP contribution in [0.5, 0.6) is 0 Å². The topological polar surface area (TPSA) is 111 Å². The summed E-state index contributed by atoms with van der Waals surface area (Å²) in [5, 5.41) is 2.73. The maximum absolute atomic E-state index is 12.7. The molecule has 0 aliphatic heterocycles. The maximum atomic E-state index is 12.7. The summed E-state index contributed by atoms with van der Waals surface area (Å²) in [7, 11) is 0. The Morgan fingerprint density at radius 1 is 1.00 bits per heavy atom. The number of benzene rings is 2. The van der Waals surface area contributed by atoms with E-state index in [2.05, 4.69) is 5.32 Å². The van der Waals surface area contributed by atoms with Gasteiger partial charge in [-0.1, -0.05) is 24.3 Å². The first-order valence-electron chi connectivity index (χ1n) is 8.61. The van der Waals surface area contributed by atoms with E-state index >= 15 is 0 Å². The number of nitrogens with zero attached hydrogens (tertiary/aromatic N) is 1. The second-order valence-electron chi connectivity index (χ2n) is 7.22. The molecule has 0 unspecified atom stereocenters. The zero-order chi connectivity index (χ0) is 20.0. The molecule has 0 spiro atoms. The van der Waals surface area contributed by atoms with Gasteiger partial charge in [-0.15, -0.1) is 0 Å². The summed E-state index contributed by atoms with van der Waals surface area (Å²) in [5.41, 5.74) is 13.5. The van der Waals surface area contributed by atoms with Crippen LogP contribution in [0.1, 0.15) is 31.9 Å². The van der Waals surface area contributed by atoms with Crippen molar-refractivity contribution in [2.75, 3.05) is 11.5 Å². The molecule has 0 fully saturated rings. The minimum absolute atomic E-state index is 0.0444. The number of anilines is 2. The van der Waals surface area contributed by atoms with Crippen LogP contribution in [-0.2, 0) is 17.8 Å². The van der Waals surface area contributed by atoms with E-state index in [1.165, 1.54) is 0 Å². The van der Waals surface area contributed by atoms with E-state index in [0.717, 1.165) is 16.0 Å². The second-order valence-corrected chi connectivity index (χ2v) is 7.22. The molecule has 0 aliphatic rings. The Labute approximate surface area is 159 Å². The zero-order valence-electron chi connectivity index (χ0n) is 15.9. The lowest BCUT2D eigenvalue weighted by Gasteiger charge is -2.26. The molecule has 7 nitrogen and oxygen atoms in total. The summed E-state index contributed by atoms with van der Waals surface area (Å²) in [6, 6.07) is 13.6. The third-order valence-electron chi connectivity index (χ3n) is 3.55. The van der Waals surface area contributed by atoms with Gasteiger partial charge >= 0.3 is 12.1 Å². The van der Waals surface area contributed by atoms with Crippen molar-refractivity contribution in [1.29, 1.82) is 0 Å². The molecular weight excluding hydrogens is 344 g/mol. The summed E-state index contributed by atoms with van der Waals surface area (Å²) in [4.78, 5) is 26.2. The average Bonchev–Trinajstić information content (AvgIpc) is 2.56. The molecule has 0 heterocycles. The largest absolute Gasteiger partial charge is 0.443 e. The SMILES string of the molecule is CC(C)(C)OC(=O)N(Cc1cccc(N)c1)C(=O)NCc1cccc(N)c1. The number of carbonyl (C=O) groups excluding carboxylic acids is 2. The average molecular weight is 370 g/mol. The molecule has 0 aliphatic carbocycles. The van der Waals surface area contributed by atoms with Crippen molar-refractivity contribution in [3.8, 4) is 0 Å². The molecule has 0 radical (unpaired) electrons. The molecule has 2 rings (SSSR count). The van der Waals surface area contributed by atoms with Gasteiger partial charge in [0.1, 0.15) is 5.60 Å². The van der Waals surface area contributed by atoms with Gasteiger partial charge in [-0.2, -0.15) is 0 Å². The van der Waals surface area contributed by atoms with Gasteiger partial charge in [-0.3, -0.25) is 0 Å². The quantitative estimate of drug-likeness (QED) is 0.713. The third-order valence-corrected chi connectivity index (χ3v) is 3.55. The minimum Gasteiger partial charge on any atom is -0.443 e. The Kier molecular flexibility index (Phi) is 6.28. The third kappa shape index (κ3) is 6.54. The van der Waals surface area contributed by atoms with Crippen LogP contribution in [-0.4, -0.2) is 22.6 Å². The smallest absolute Gasteiger partial charge is 0.418 e. The van der Waals surface area contributed by atoms with Crippen molar-refractivity contribution in [1.82, 2.24) is 10.2 Å². The van der Waals surface area contributed by atoms with Crippen molar-refractivity contribution in [3.63, 3.8) is 0 Å². The van der Waals surface area contributed by atoms with E-state index in [0.29, 0.717) is 11.4 Å². The summed E-state index contributed by atoms with van der Waals surface area (Å²) in [6.45, 7) is 5.51. The van der Waals surface area contributed by atoms with Crippen molar-refractivity contribution in [2.45, 2.75) is 39.5 Å². The summed E-state index contributed by atoms with van der Waals surface area (Å²) in [5.74, 6) is 0. The predicted octanol–water partition coefficient (Wildman–Crippen LogP) is 3.50. The van der Waals surface area contributed by atoms with Crippen LogP contribution >= 0.6 is 0 Å². The fourth-order valence-electron chi connectivity index (χ4n) is 2.39. The number of rotatable bonds is 4. The van der Waals surface area contributed by atoms with Gasteiger partial charge < -0.3 is 21.5 Å². The van der Waals surface area contributed by atoms with Crippen LogP contribution in [0, 0.1) is 0 Å². The molecule has 2 aromatic carbocycles. The molecule has 144 valence electrons. The highest BCUT2D eigenvalue weighted by Gasteiger charge is 2.27. The lowest BCUT2D eigenvalue weighted by atomic mass is 10.2. The van der Waals surface area contributed by atoms with E-state index in [1.54, 1.807) is 63.2 Å². The lowest BCUT2D eigenvalue weighted by Crippen LogP contribution is -2.45. The van der Waals surface area contributed by atoms with Crippen molar-refractivity contribution >= 4 is 23.5 Å². The zero-order valence-corrected chi connectivity index (χ0v) is 15.9. The fourth-order valence-corrected chi connectivity index (χ4v) is 2.39. The number of nitrogens with two attached hydrogens (primary N) is 2. The van der Waals surface area contributed by atoms with Crippen molar-refractivity contribution in [2.24, 2.45) is 0 Å². The highest BCUT2D eigenvalue weighted by molar-refractivity contribution is 5.91. The molecule has 3 amide bonds. The van der Waals surface area contributed by atoms with E-state index in [4.69, 9.17) is 16.2 Å². The molecule has 0 saturated heterocycles. The Hall–Kier alpha value is -3.22.